The second-order valence-corrected chi connectivity index (χ2v) is 2.91. The molecule has 0 aliphatic rings. The first-order chi connectivity index (χ1) is 6.65. The molecule has 0 aliphatic carbocycles. The van der Waals surface area contributed by atoms with Gasteiger partial charge in [0.2, 0.25) is 0 Å². The third kappa shape index (κ3) is 2.57. The lowest BCUT2D eigenvalue weighted by atomic mass is 10.1. The summed E-state index contributed by atoms with van der Waals surface area (Å²) in [6, 6.07) is 3.73. The summed E-state index contributed by atoms with van der Waals surface area (Å²) in [6.45, 7) is 0. The van der Waals surface area contributed by atoms with Crippen LogP contribution in [0.2, 0.25) is 0 Å². The van der Waals surface area contributed by atoms with Crippen LogP contribution in [-0.4, -0.2) is 17.0 Å². The molecule has 0 saturated carbocycles. The molecule has 0 radical (unpaired) electrons. The molecule has 1 rings (SSSR count). The molecule has 0 spiro atoms. The molecule has 0 heterocycles. The topological polar surface area (TPSA) is 37.3 Å². The number of aromatic carboxylic acids is 1. The fourth-order valence-corrected chi connectivity index (χ4v) is 1.06. The van der Waals surface area contributed by atoms with Gasteiger partial charge in [0, 0.05) is 11.4 Å². The van der Waals surface area contributed by atoms with Gasteiger partial charge in [0.1, 0.15) is 5.82 Å². The van der Waals surface area contributed by atoms with E-state index < -0.39 is 11.8 Å². The van der Waals surface area contributed by atoms with E-state index in [0.717, 1.165) is 6.07 Å². The minimum Gasteiger partial charge on any atom is -0.478 e. The van der Waals surface area contributed by atoms with E-state index in [1.807, 2.05) is 0 Å². The lowest BCUT2D eigenvalue weighted by Crippen LogP contribution is -1.97. The van der Waals surface area contributed by atoms with E-state index in [2.05, 4.69) is 0 Å². The Morgan fingerprint density at radius 2 is 2.29 bits per heavy atom. The van der Waals surface area contributed by atoms with Crippen molar-refractivity contribution in [3.05, 3.63) is 41.2 Å². The van der Waals surface area contributed by atoms with Crippen molar-refractivity contribution in [1.29, 1.82) is 0 Å². The highest BCUT2D eigenvalue weighted by Crippen LogP contribution is 2.12. The number of allylic oxidation sites excluding steroid dienone is 1. The molecular weight excluding hydrogens is 207 g/mol. The SMILES string of the molecule is O=C(O)c1ccc(C=CCCl)c(F)c1. The van der Waals surface area contributed by atoms with Crippen LogP contribution in [0.3, 0.4) is 0 Å². The summed E-state index contributed by atoms with van der Waals surface area (Å²) >= 11 is 5.38. The highest BCUT2D eigenvalue weighted by atomic mass is 35.5. The lowest BCUT2D eigenvalue weighted by molar-refractivity contribution is 0.0696. The normalized spacial score (nSPS) is 10.7. The zero-order valence-electron chi connectivity index (χ0n) is 7.21. The predicted octanol–water partition coefficient (Wildman–Crippen LogP) is 2.78. The van der Waals surface area contributed by atoms with E-state index in [-0.39, 0.29) is 5.56 Å². The first-order valence-electron chi connectivity index (χ1n) is 3.90. The van der Waals surface area contributed by atoms with Gasteiger partial charge in [-0.25, -0.2) is 9.18 Å². The second kappa shape index (κ2) is 4.77. The van der Waals surface area contributed by atoms with Gasteiger partial charge in [0.05, 0.1) is 5.56 Å². The Labute approximate surface area is 85.6 Å². The number of carboxylic acids is 1. The predicted molar refractivity (Wildman–Crippen MR) is 53.1 cm³/mol. The van der Waals surface area contributed by atoms with Crippen LogP contribution in [0.5, 0.6) is 0 Å². The molecule has 2 nitrogen and oxygen atoms in total. The Morgan fingerprint density at radius 3 is 2.79 bits per heavy atom. The highest BCUT2D eigenvalue weighted by molar-refractivity contribution is 6.19. The molecule has 0 aromatic heterocycles. The van der Waals surface area contributed by atoms with E-state index in [9.17, 15) is 9.18 Å². The summed E-state index contributed by atoms with van der Waals surface area (Å²) in [5, 5.41) is 8.57. The van der Waals surface area contributed by atoms with E-state index in [1.54, 1.807) is 6.08 Å². The van der Waals surface area contributed by atoms with Crippen molar-refractivity contribution in [3.63, 3.8) is 0 Å². The number of carbonyl (C=O) groups is 1. The molecule has 1 aromatic carbocycles. The van der Waals surface area contributed by atoms with Crippen molar-refractivity contribution in [2.45, 2.75) is 0 Å². The Bertz CT molecular complexity index is 374. The van der Waals surface area contributed by atoms with Gasteiger partial charge < -0.3 is 5.11 Å². The summed E-state index contributed by atoms with van der Waals surface area (Å²) in [4.78, 5) is 10.5. The molecule has 0 unspecified atom stereocenters. The van der Waals surface area contributed by atoms with Crippen LogP contribution in [0.1, 0.15) is 15.9 Å². The summed E-state index contributed by atoms with van der Waals surface area (Å²) in [6.07, 6.45) is 3.09. The molecule has 0 saturated heterocycles. The number of halogens is 2. The zero-order valence-corrected chi connectivity index (χ0v) is 7.96. The summed E-state index contributed by atoms with van der Waals surface area (Å²) in [5.41, 5.74) is 0.265. The van der Waals surface area contributed by atoms with Gasteiger partial charge in [0.25, 0.3) is 0 Å². The van der Waals surface area contributed by atoms with Crippen molar-refractivity contribution in [2.75, 3.05) is 5.88 Å². The quantitative estimate of drug-likeness (QED) is 0.786. The van der Waals surface area contributed by atoms with Crippen molar-refractivity contribution in [1.82, 2.24) is 0 Å². The zero-order chi connectivity index (χ0) is 10.6. The van der Waals surface area contributed by atoms with Crippen molar-refractivity contribution in [3.8, 4) is 0 Å². The van der Waals surface area contributed by atoms with Gasteiger partial charge in [-0.3, -0.25) is 0 Å². The third-order valence-corrected chi connectivity index (χ3v) is 1.81. The molecular formula is C10H8ClFO2. The molecule has 14 heavy (non-hydrogen) atoms. The Morgan fingerprint density at radius 1 is 1.57 bits per heavy atom. The number of alkyl halides is 1. The van der Waals surface area contributed by atoms with Crippen LogP contribution in [0, 0.1) is 5.82 Å². The van der Waals surface area contributed by atoms with Crippen LogP contribution in [0.25, 0.3) is 6.08 Å². The van der Waals surface area contributed by atoms with Crippen LogP contribution >= 0.6 is 11.6 Å². The lowest BCUT2D eigenvalue weighted by Gasteiger charge is -1.98. The summed E-state index contributed by atoms with van der Waals surface area (Å²) in [5.74, 6) is -1.41. The molecule has 1 N–H and O–H groups in total. The van der Waals surface area contributed by atoms with Gasteiger partial charge in [-0.2, -0.15) is 0 Å². The van der Waals surface area contributed by atoms with Gasteiger partial charge in [-0.05, 0) is 12.1 Å². The van der Waals surface area contributed by atoms with E-state index in [0.29, 0.717) is 11.4 Å². The maximum absolute atomic E-state index is 13.2. The Balaban J connectivity index is 3.01. The highest BCUT2D eigenvalue weighted by Gasteiger charge is 2.05. The Hall–Kier alpha value is -1.35. The molecule has 0 bridgehead atoms. The van der Waals surface area contributed by atoms with Crippen molar-refractivity contribution >= 4 is 23.6 Å². The number of hydrogen-bond donors (Lipinski definition) is 1. The average Bonchev–Trinajstić information content (AvgIpc) is 2.15. The molecule has 0 aliphatic heterocycles. The van der Waals surface area contributed by atoms with Crippen LogP contribution in [-0.2, 0) is 0 Å². The number of benzene rings is 1. The smallest absolute Gasteiger partial charge is 0.335 e. The molecule has 4 heteroatoms. The summed E-state index contributed by atoms with van der Waals surface area (Å²) in [7, 11) is 0. The minimum absolute atomic E-state index is 0.0643. The molecule has 0 fully saturated rings. The molecule has 74 valence electrons. The van der Waals surface area contributed by atoms with E-state index in [1.165, 1.54) is 18.2 Å². The maximum atomic E-state index is 13.2. The standard InChI is InChI=1S/C10H8ClFO2/c11-5-1-2-7-3-4-8(10(13)14)6-9(7)12/h1-4,6H,5H2,(H,13,14). The number of hydrogen-bond acceptors (Lipinski definition) is 1. The number of carboxylic acid groups (broad SMARTS) is 1. The van der Waals surface area contributed by atoms with Gasteiger partial charge >= 0.3 is 5.97 Å². The van der Waals surface area contributed by atoms with Crippen molar-refractivity contribution < 1.29 is 14.3 Å². The Kier molecular flexibility index (Phi) is 3.65. The molecule has 0 amide bonds. The average molecular weight is 215 g/mol. The fourth-order valence-electron chi connectivity index (χ4n) is 0.967. The summed E-state index contributed by atoms with van der Waals surface area (Å²) < 4.78 is 13.2. The minimum atomic E-state index is -1.14. The van der Waals surface area contributed by atoms with Crippen LogP contribution in [0.15, 0.2) is 24.3 Å². The van der Waals surface area contributed by atoms with Gasteiger partial charge in [0.15, 0.2) is 0 Å². The first kappa shape index (κ1) is 10.7. The molecule has 0 atom stereocenters. The first-order valence-corrected chi connectivity index (χ1v) is 4.44. The number of rotatable bonds is 3. The van der Waals surface area contributed by atoms with Crippen LogP contribution < -0.4 is 0 Å². The van der Waals surface area contributed by atoms with Gasteiger partial charge in [-0.15, -0.1) is 11.6 Å². The van der Waals surface area contributed by atoms with Crippen LogP contribution in [0.4, 0.5) is 4.39 Å². The second-order valence-electron chi connectivity index (χ2n) is 2.60. The van der Waals surface area contributed by atoms with Crippen molar-refractivity contribution in [2.24, 2.45) is 0 Å². The van der Waals surface area contributed by atoms with E-state index >= 15 is 0 Å². The van der Waals surface area contributed by atoms with Gasteiger partial charge in [-0.1, -0.05) is 18.2 Å². The maximum Gasteiger partial charge on any atom is 0.335 e. The molecule has 1 aromatic rings. The third-order valence-electron chi connectivity index (χ3n) is 1.63. The largest absolute Gasteiger partial charge is 0.478 e. The monoisotopic (exact) mass is 214 g/mol. The fraction of sp³-hybridized carbons (Fsp3) is 0.100. The van der Waals surface area contributed by atoms with E-state index in [4.69, 9.17) is 16.7 Å².